The molecule has 1 amide bonds. The summed E-state index contributed by atoms with van der Waals surface area (Å²) in [6, 6.07) is 4.65. The Morgan fingerprint density at radius 3 is 2.91 bits per heavy atom. The zero-order chi connectivity index (χ0) is 17.0. The summed E-state index contributed by atoms with van der Waals surface area (Å²) in [7, 11) is 0. The van der Waals surface area contributed by atoms with Gasteiger partial charge in [-0.1, -0.05) is 23.2 Å². The number of carboxylic acid groups (broad SMARTS) is 1. The molecule has 23 heavy (non-hydrogen) atoms. The summed E-state index contributed by atoms with van der Waals surface area (Å²) in [5.74, 6) is -1.07. The van der Waals surface area contributed by atoms with Crippen LogP contribution >= 0.6 is 35.0 Å². The van der Waals surface area contributed by atoms with Crippen molar-refractivity contribution in [2.75, 3.05) is 19.8 Å². The lowest BCUT2D eigenvalue weighted by atomic mass is 10.1. The molecule has 5 nitrogen and oxygen atoms in total. The van der Waals surface area contributed by atoms with Crippen LogP contribution in [0, 0.1) is 0 Å². The maximum atomic E-state index is 12.7. The van der Waals surface area contributed by atoms with Gasteiger partial charge in [0.25, 0.3) is 0 Å². The van der Waals surface area contributed by atoms with Crippen LogP contribution in [-0.4, -0.2) is 52.9 Å². The van der Waals surface area contributed by atoms with E-state index in [2.05, 4.69) is 0 Å². The zero-order valence-corrected chi connectivity index (χ0v) is 14.8. The number of carbonyl (C=O) groups excluding carboxylic acids is 1. The van der Waals surface area contributed by atoms with E-state index in [9.17, 15) is 9.59 Å². The molecule has 0 spiro atoms. The van der Waals surface area contributed by atoms with Crippen molar-refractivity contribution in [1.82, 2.24) is 4.90 Å². The highest BCUT2D eigenvalue weighted by Gasteiger charge is 2.32. The van der Waals surface area contributed by atoms with Crippen molar-refractivity contribution in [3.63, 3.8) is 0 Å². The summed E-state index contributed by atoms with van der Waals surface area (Å²) in [6.07, 6.45) is -0.124. The first-order valence-electron chi connectivity index (χ1n) is 7.10. The molecule has 126 valence electrons. The van der Waals surface area contributed by atoms with Crippen molar-refractivity contribution >= 4 is 46.8 Å². The Balaban J connectivity index is 2.08. The molecule has 1 fully saturated rings. The molecule has 1 aliphatic heterocycles. The number of hydrogen-bond acceptors (Lipinski definition) is 4. The van der Waals surface area contributed by atoms with E-state index in [1.165, 1.54) is 11.8 Å². The van der Waals surface area contributed by atoms with Crippen LogP contribution in [0.15, 0.2) is 23.1 Å². The minimum atomic E-state index is -0.948. The number of carboxylic acids is 1. The van der Waals surface area contributed by atoms with Crippen molar-refractivity contribution in [3.05, 3.63) is 28.2 Å². The van der Waals surface area contributed by atoms with E-state index in [4.69, 9.17) is 33.0 Å². The average Bonchev–Trinajstić information content (AvgIpc) is 2.50. The van der Waals surface area contributed by atoms with Gasteiger partial charge < -0.3 is 14.7 Å². The summed E-state index contributed by atoms with van der Waals surface area (Å²) in [4.78, 5) is 25.9. The SMILES string of the molecule is CC(Sc1cc(Cl)ccc1Cl)C(=O)N1CCOCC1CC(=O)O. The molecule has 1 saturated heterocycles. The number of amides is 1. The van der Waals surface area contributed by atoms with Gasteiger partial charge >= 0.3 is 5.97 Å². The van der Waals surface area contributed by atoms with Gasteiger partial charge in [0.15, 0.2) is 0 Å². The number of benzene rings is 1. The van der Waals surface area contributed by atoms with E-state index in [-0.39, 0.29) is 18.9 Å². The van der Waals surface area contributed by atoms with Gasteiger partial charge in [-0.2, -0.15) is 0 Å². The van der Waals surface area contributed by atoms with Crippen molar-refractivity contribution in [2.24, 2.45) is 0 Å². The van der Waals surface area contributed by atoms with Crippen molar-refractivity contribution in [2.45, 2.75) is 29.5 Å². The lowest BCUT2D eigenvalue weighted by molar-refractivity contribution is -0.145. The Morgan fingerprint density at radius 1 is 1.48 bits per heavy atom. The van der Waals surface area contributed by atoms with E-state index in [1.807, 2.05) is 0 Å². The lowest BCUT2D eigenvalue weighted by Gasteiger charge is -2.36. The summed E-state index contributed by atoms with van der Waals surface area (Å²) in [6.45, 7) is 2.83. The average molecular weight is 378 g/mol. The van der Waals surface area contributed by atoms with Crippen LogP contribution in [0.5, 0.6) is 0 Å². The summed E-state index contributed by atoms with van der Waals surface area (Å²) in [5.41, 5.74) is 0. The number of halogens is 2. The van der Waals surface area contributed by atoms with Crippen LogP contribution < -0.4 is 0 Å². The molecule has 0 aliphatic carbocycles. The Hall–Kier alpha value is -0.950. The Morgan fingerprint density at radius 2 is 2.22 bits per heavy atom. The van der Waals surface area contributed by atoms with Gasteiger partial charge in [0.2, 0.25) is 5.91 Å². The van der Waals surface area contributed by atoms with Gasteiger partial charge in [0, 0.05) is 16.5 Å². The maximum absolute atomic E-state index is 12.7. The first-order valence-corrected chi connectivity index (χ1v) is 8.73. The Bertz CT molecular complexity index is 599. The second-order valence-electron chi connectivity index (χ2n) is 5.19. The van der Waals surface area contributed by atoms with Gasteiger partial charge in [0.1, 0.15) is 0 Å². The van der Waals surface area contributed by atoms with Crippen LogP contribution in [0.1, 0.15) is 13.3 Å². The highest BCUT2D eigenvalue weighted by Crippen LogP contribution is 2.33. The second kappa shape index (κ2) is 8.24. The monoisotopic (exact) mass is 377 g/mol. The third kappa shape index (κ3) is 5.01. The van der Waals surface area contributed by atoms with Crippen LogP contribution in [0.3, 0.4) is 0 Å². The molecule has 0 radical (unpaired) electrons. The van der Waals surface area contributed by atoms with Gasteiger partial charge in [-0.05, 0) is 25.1 Å². The van der Waals surface area contributed by atoms with E-state index in [1.54, 1.807) is 30.0 Å². The molecule has 0 bridgehead atoms. The largest absolute Gasteiger partial charge is 0.481 e. The van der Waals surface area contributed by atoms with E-state index >= 15 is 0 Å². The van der Waals surface area contributed by atoms with Crippen LogP contribution in [-0.2, 0) is 14.3 Å². The van der Waals surface area contributed by atoms with Crippen LogP contribution in [0.25, 0.3) is 0 Å². The molecule has 1 aromatic rings. The molecular formula is C15H17Cl2NO4S. The van der Waals surface area contributed by atoms with Gasteiger partial charge in [-0.3, -0.25) is 9.59 Å². The molecule has 8 heteroatoms. The van der Waals surface area contributed by atoms with Gasteiger partial charge in [0.05, 0.1) is 35.9 Å². The zero-order valence-electron chi connectivity index (χ0n) is 12.5. The topological polar surface area (TPSA) is 66.8 Å². The summed E-state index contributed by atoms with van der Waals surface area (Å²) >= 11 is 13.4. The molecule has 1 aromatic carbocycles. The number of nitrogens with zero attached hydrogens (tertiary/aromatic N) is 1. The van der Waals surface area contributed by atoms with Gasteiger partial charge in [-0.25, -0.2) is 0 Å². The number of aliphatic carboxylic acids is 1. The fourth-order valence-electron chi connectivity index (χ4n) is 2.36. The van der Waals surface area contributed by atoms with E-state index in [0.29, 0.717) is 23.2 Å². The van der Waals surface area contributed by atoms with E-state index < -0.39 is 17.3 Å². The Kier molecular flexibility index (Phi) is 6.59. The molecular weight excluding hydrogens is 361 g/mol. The van der Waals surface area contributed by atoms with Crippen molar-refractivity contribution in [1.29, 1.82) is 0 Å². The number of ether oxygens (including phenoxy) is 1. The first-order chi connectivity index (χ1) is 10.9. The fourth-order valence-corrected chi connectivity index (χ4v) is 3.84. The highest BCUT2D eigenvalue weighted by molar-refractivity contribution is 8.00. The fraction of sp³-hybridized carbons (Fsp3) is 0.467. The number of hydrogen-bond donors (Lipinski definition) is 1. The van der Waals surface area contributed by atoms with Crippen LogP contribution in [0.4, 0.5) is 0 Å². The predicted octanol–water partition coefficient (Wildman–Crippen LogP) is 3.18. The predicted molar refractivity (Wildman–Crippen MR) is 90.4 cm³/mol. The minimum Gasteiger partial charge on any atom is -0.481 e. The number of thioether (sulfide) groups is 1. The van der Waals surface area contributed by atoms with E-state index in [0.717, 1.165) is 4.90 Å². The minimum absolute atomic E-state index is 0.124. The van der Waals surface area contributed by atoms with Crippen molar-refractivity contribution in [3.8, 4) is 0 Å². The second-order valence-corrected chi connectivity index (χ2v) is 7.42. The maximum Gasteiger partial charge on any atom is 0.305 e. The lowest BCUT2D eigenvalue weighted by Crippen LogP contribution is -2.51. The number of morpholine rings is 1. The molecule has 2 atom stereocenters. The molecule has 2 rings (SSSR count). The molecule has 1 aliphatic rings. The smallest absolute Gasteiger partial charge is 0.305 e. The first kappa shape index (κ1) is 18.4. The van der Waals surface area contributed by atoms with Crippen LogP contribution in [0.2, 0.25) is 10.0 Å². The third-order valence-electron chi connectivity index (χ3n) is 3.47. The number of rotatable bonds is 5. The molecule has 0 aromatic heterocycles. The molecule has 2 unspecified atom stereocenters. The molecule has 1 heterocycles. The molecule has 0 saturated carbocycles. The van der Waals surface area contributed by atoms with Crippen molar-refractivity contribution < 1.29 is 19.4 Å². The normalized spacial score (nSPS) is 19.4. The standard InChI is InChI=1S/C15H17Cl2NO4S/c1-9(23-13-6-10(16)2-3-12(13)17)15(21)18-4-5-22-8-11(18)7-14(19)20/h2-3,6,9,11H,4-5,7-8H2,1H3,(H,19,20). The van der Waals surface area contributed by atoms with Gasteiger partial charge in [-0.15, -0.1) is 11.8 Å². The summed E-state index contributed by atoms with van der Waals surface area (Å²) in [5, 5.41) is 9.65. The quantitative estimate of drug-likeness (QED) is 0.798. The summed E-state index contributed by atoms with van der Waals surface area (Å²) < 4.78 is 5.29. The third-order valence-corrected chi connectivity index (χ3v) is 5.29. The highest BCUT2D eigenvalue weighted by atomic mass is 35.5. The number of carbonyl (C=O) groups is 2. The molecule has 1 N–H and O–H groups in total. The Labute approximate surface area is 148 Å².